The van der Waals surface area contributed by atoms with Crippen LogP contribution in [-0.4, -0.2) is 35.8 Å². The number of benzene rings is 1. The number of H-pyrrole nitrogens is 1. The number of nitrogens with zero attached hydrogens (tertiary/aromatic N) is 5. The standard InChI is InChI=1S/C20H16FN7O3/c1-10(19-22-5-6-30-19)25-20(29)31-15-9-24-18-17(15)26-13(8-23-18)16-12-4-3-11(21)7-14(12)28(2)27-16/h3-10H,1-2H3,(H,23,24)(H,25,29). The molecule has 0 spiro atoms. The molecule has 5 rings (SSSR count). The maximum absolute atomic E-state index is 13.6. The number of oxazole rings is 1. The highest BCUT2D eigenvalue weighted by molar-refractivity contribution is 5.93. The van der Waals surface area contributed by atoms with E-state index < -0.39 is 12.1 Å². The van der Waals surface area contributed by atoms with E-state index in [0.29, 0.717) is 34.0 Å². The van der Waals surface area contributed by atoms with E-state index in [9.17, 15) is 9.18 Å². The van der Waals surface area contributed by atoms with Crippen molar-refractivity contribution < 1.29 is 18.3 Å². The third kappa shape index (κ3) is 3.35. The molecular formula is C20H16FN7O3. The minimum atomic E-state index is -0.697. The Kier molecular flexibility index (Phi) is 4.35. The molecule has 1 unspecified atom stereocenters. The van der Waals surface area contributed by atoms with Crippen molar-refractivity contribution in [2.75, 3.05) is 0 Å². The highest BCUT2D eigenvalue weighted by Crippen LogP contribution is 2.30. The number of rotatable bonds is 4. The molecule has 0 saturated heterocycles. The van der Waals surface area contributed by atoms with E-state index in [-0.39, 0.29) is 11.6 Å². The molecule has 11 heteroatoms. The van der Waals surface area contributed by atoms with E-state index in [1.165, 1.54) is 30.8 Å². The van der Waals surface area contributed by atoms with Crippen LogP contribution in [0.5, 0.6) is 5.75 Å². The Morgan fingerprint density at radius 2 is 2.23 bits per heavy atom. The largest absolute Gasteiger partial charge is 0.447 e. The summed E-state index contributed by atoms with van der Waals surface area (Å²) < 4.78 is 25.8. The number of aromatic nitrogens is 6. The Hall–Kier alpha value is -4.28. The molecule has 5 aromatic rings. The van der Waals surface area contributed by atoms with E-state index in [0.717, 1.165) is 5.39 Å². The van der Waals surface area contributed by atoms with Crippen LogP contribution in [0, 0.1) is 5.82 Å². The number of aryl methyl sites for hydroxylation is 1. The Bertz CT molecular complexity index is 1410. The summed E-state index contributed by atoms with van der Waals surface area (Å²) in [6.45, 7) is 1.72. The number of fused-ring (bicyclic) bond motifs is 2. The second-order valence-corrected chi connectivity index (χ2v) is 6.86. The van der Waals surface area contributed by atoms with Gasteiger partial charge in [-0.25, -0.2) is 24.1 Å². The lowest BCUT2D eigenvalue weighted by Crippen LogP contribution is -2.29. The summed E-state index contributed by atoms with van der Waals surface area (Å²) in [5, 5.41) is 7.81. The molecule has 1 atom stereocenters. The summed E-state index contributed by atoms with van der Waals surface area (Å²) in [6, 6.07) is 3.94. The van der Waals surface area contributed by atoms with Crippen molar-refractivity contribution in [3.05, 3.63) is 54.8 Å². The van der Waals surface area contributed by atoms with E-state index in [4.69, 9.17) is 9.15 Å². The number of hydrogen-bond acceptors (Lipinski definition) is 7. The molecule has 10 nitrogen and oxygen atoms in total. The lowest BCUT2D eigenvalue weighted by atomic mass is 10.1. The van der Waals surface area contributed by atoms with E-state index >= 15 is 0 Å². The van der Waals surface area contributed by atoms with Crippen molar-refractivity contribution in [2.24, 2.45) is 7.05 Å². The molecule has 0 bridgehead atoms. The molecule has 0 aliphatic rings. The zero-order chi connectivity index (χ0) is 21.5. The molecule has 0 saturated carbocycles. The average molecular weight is 421 g/mol. The first kappa shape index (κ1) is 18.7. The maximum atomic E-state index is 13.6. The first-order valence-electron chi connectivity index (χ1n) is 9.34. The minimum absolute atomic E-state index is 0.202. The molecule has 4 heterocycles. The molecule has 31 heavy (non-hydrogen) atoms. The van der Waals surface area contributed by atoms with Gasteiger partial charge in [-0.3, -0.25) is 4.68 Å². The Labute approximate surface area is 174 Å². The monoisotopic (exact) mass is 421 g/mol. The smallest absolute Gasteiger partial charge is 0.413 e. The predicted molar refractivity (Wildman–Crippen MR) is 108 cm³/mol. The van der Waals surface area contributed by atoms with Crippen LogP contribution in [0.15, 0.2) is 47.5 Å². The number of halogens is 1. The van der Waals surface area contributed by atoms with Gasteiger partial charge in [-0.15, -0.1) is 0 Å². The van der Waals surface area contributed by atoms with Gasteiger partial charge in [0, 0.05) is 18.6 Å². The molecule has 0 aliphatic carbocycles. The van der Waals surface area contributed by atoms with Crippen LogP contribution in [0.25, 0.3) is 33.5 Å². The summed E-state index contributed by atoms with van der Waals surface area (Å²) in [5.41, 5.74) is 2.43. The van der Waals surface area contributed by atoms with E-state index in [1.807, 2.05) is 0 Å². The number of ether oxygens (including phenoxy) is 1. The predicted octanol–water partition coefficient (Wildman–Crippen LogP) is 3.49. The fourth-order valence-corrected chi connectivity index (χ4v) is 3.30. The number of carbonyl (C=O) groups is 1. The van der Waals surface area contributed by atoms with Gasteiger partial charge in [-0.05, 0) is 25.1 Å². The first-order chi connectivity index (χ1) is 15.0. The van der Waals surface area contributed by atoms with E-state index in [1.54, 1.807) is 30.9 Å². The van der Waals surface area contributed by atoms with Gasteiger partial charge in [0.25, 0.3) is 0 Å². The van der Waals surface area contributed by atoms with Crippen molar-refractivity contribution in [1.82, 2.24) is 35.0 Å². The fraction of sp³-hybridized carbons (Fsp3) is 0.150. The quantitative estimate of drug-likeness (QED) is 0.455. The van der Waals surface area contributed by atoms with Crippen LogP contribution >= 0.6 is 0 Å². The van der Waals surface area contributed by atoms with Crippen LogP contribution < -0.4 is 10.1 Å². The lowest BCUT2D eigenvalue weighted by molar-refractivity contribution is 0.195. The summed E-state index contributed by atoms with van der Waals surface area (Å²) >= 11 is 0. The van der Waals surface area contributed by atoms with Gasteiger partial charge >= 0.3 is 6.09 Å². The summed E-state index contributed by atoms with van der Waals surface area (Å²) in [4.78, 5) is 28.1. The molecule has 156 valence electrons. The molecule has 0 radical (unpaired) electrons. The molecule has 0 aliphatic heterocycles. The van der Waals surface area contributed by atoms with Gasteiger partial charge in [0.15, 0.2) is 16.9 Å². The van der Waals surface area contributed by atoms with Crippen LogP contribution in [-0.2, 0) is 7.05 Å². The van der Waals surface area contributed by atoms with Gasteiger partial charge in [0.1, 0.15) is 29.5 Å². The third-order valence-electron chi connectivity index (χ3n) is 4.76. The zero-order valence-corrected chi connectivity index (χ0v) is 16.5. The van der Waals surface area contributed by atoms with Crippen molar-refractivity contribution in [3.63, 3.8) is 0 Å². The second kappa shape index (κ2) is 7.20. The molecule has 1 amide bonds. The minimum Gasteiger partial charge on any atom is -0.447 e. The third-order valence-corrected chi connectivity index (χ3v) is 4.76. The zero-order valence-electron chi connectivity index (χ0n) is 16.5. The van der Waals surface area contributed by atoms with Crippen molar-refractivity contribution in [1.29, 1.82) is 0 Å². The van der Waals surface area contributed by atoms with Crippen LogP contribution in [0.2, 0.25) is 0 Å². The summed E-state index contributed by atoms with van der Waals surface area (Å²) in [7, 11) is 1.72. The molecule has 0 fully saturated rings. The highest BCUT2D eigenvalue weighted by Gasteiger charge is 2.19. The number of amides is 1. The SMILES string of the molecule is CC(NC(=O)Oc1c[nH]c2ncc(-c3nn(C)c4cc(F)ccc34)nc12)c1ncco1. The average Bonchev–Trinajstić information content (AvgIpc) is 3.48. The normalized spacial score (nSPS) is 12.4. The van der Waals surface area contributed by atoms with Crippen molar-refractivity contribution >= 4 is 28.2 Å². The van der Waals surface area contributed by atoms with Gasteiger partial charge < -0.3 is 19.5 Å². The topological polar surface area (TPSA) is 124 Å². The van der Waals surface area contributed by atoms with Gasteiger partial charge in [-0.1, -0.05) is 0 Å². The molecule has 2 N–H and O–H groups in total. The van der Waals surface area contributed by atoms with Crippen molar-refractivity contribution in [3.8, 4) is 17.1 Å². The maximum Gasteiger partial charge on any atom is 0.413 e. The molecule has 1 aromatic carbocycles. The fourth-order valence-electron chi connectivity index (χ4n) is 3.30. The second-order valence-electron chi connectivity index (χ2n) is 6.86. The summed E-state index contributed by atoms with van der Waals surface area (Å²) in [5.74, 6) is 0.207. The van der Waals surface area contributed by atoms with Gasteiger partial charge in [-0.2, -0.15) is 5.10 Å². The molecular weight excluding hydrogens is 405 g/mol. The Balaban J connectivity index is 1.46. The Morgan fingerprint density at radius 3 is 3.03 bits per heavy atom. The number of hydrogen-bond donors (Lipinski definition) is 2. The number of aromatic amines is 1. The van der Waals surface area contributed by atoms with Gasteiger partial charge in [0.05, 0.1) is 17.9 Å². The number of nitrogens with one attached hydrogen (secondary N) is 2. The van der Waals surface area contributed by atoms with Crippen molar-refractivity contribution in [2.45, 2.75) is 13.0 Å². The lowest BCUT2D eigenvalue weighted by Gasteiger charge is -2.10. The highest BCUT2D eigenvalue weighted by atomic mass is 19.1. The molecule has 4 aromatic heterocycles. The Morgan fingerprint density at radius 1 is 1.35 bits per heavy atom. The first-order valence-corrected chi connectivity index (χ1v) is 9.34. The van der Waals surface area contributed by atoms with E-state index in [2.05, 4.69) is 30.4 Å². The van der Waals surface area contributed by atoms with Crippen LogP contribution in [0.3, 0.4) is 0 Å². The van der Waals surface area contributed by atoms with Crippen LogP contribution in [0.4, 0.5) is 9.18 Å². The summed E-state index contributed by atoms with van der Waals surface area (Å²) in [6.07, 6.45) is 5.27. The van der Waals surface area contributed by atoms with Gasteiger partial charge in [0.2, 0.25) is 5.89 Å². The number of carbonyl (C=O) groups excluding carboxylic acids is 1. The van der Waals surface area contributed by atoms with Crippen LogP contribution in [0.1, 0.15) is 18.9 Å².